The monoisotopic (exact) mass is 399 g/mol. The number of pyridine rings is 1. The van der Waals surface area contributed by atoms with E-state index in [-0.39, 0.29) is 12.4 Å². The molecular weight excluding hydrogens is 381 g/mol. The topological polar surface area (TPSA) is 78.8 Å². The van der Waals surface area contributed by atoms with Crippen molar-refractivity contribution in [3.63, 3.8) is 0 Å². The first-order valence-corrected chi connectivity index (χ1v) is 9.29. The first-order valence-electron chi connectivity index (χ1n) is 8.92. The van der Waals surface area contributed by atoms with Gasteiger partial charge < -0.3 is 15.4 Å². The molecule has 6 nitrogen and oxygen atoms in total. The van der Waals surface area contributed by atoms with Gasteiger partial charge in [-0.15, -0.1) is 0 Å². The third-order valence-corrected chi connectivity index (χ3v) is 4.85. The van der Waals surface area contributed by atoms with E-state index in [2.05, 4.69) is 20.4 Å². The predicted molar refractivity (Wildman–Crippen MR) is 108 cm³/mol. The number of aryl methyl sites for hydroxylation is 1. The molecule has 4 aromatic rings. The van der Waals surface area contributed by atoms with Gasteiger partial charge >= 0.3 is 0 Å². The van der Waals surface area contributed by atoms with Crippen LogP contribution in [0.3, 0.4) is 0 Å². The van der Waals surface area contributed by atoms with Crippen LogP contribution in [0, 0.1) is 5.82 Å². The smallest absolute Gasteiger partial charge is 0.148 e. The third kappa shape index (κ3) is 3.46. The van der Waals surface area contributed by atoms with Crippen molar-refractivity contribution < 1.29 is 9.50 Å². The van der Waals surface area contributed by atoms with Crippen molar-refractivity contribution in [3.8, 4) is 11.1 Å². The molecular formula is C20H19ClFN5O. The Bertz CT molecular complexity index is 1120. The normalized spacial score (nSPS) is 11.3. The van der Waals surface area contributed by atoms with Gasteiger partial charge in [0.15, 0.2) is 0 Å². The predicted octanol–water partition coefficient (Wildman–Crippen LogP) is 4.34. The molecule has 0 spiro atoms. The van der Waals surface area contributed by atoms with Crippen LogP contribution in [-0.4, -0.2) is 24.9 Å². The van der Waals surface area contributed by atoms with E-state index >= 15 is 0 Å². The lowest BCUT2D eigenvalue weighted by Gasteiger charge is -2.10. The summed E-state index contributed by atoms with van der Waals surface area (Å²) in [6.07, 6.45) is 3.38. The molecule has 3 heterocycles. The lowest BCUT2D eigenvalue weighted by atomic mass is 9.99. The van der Waals surface area contributed by atoms with Gasteiger partial charge in [0.1, 0.15) is 17.3 Å². The lowest BCUT2D eigenvalue weighted by Crippen LogP contribution is -2.04. The summed E-state index contributed by atoms with van der Waals surface area (Å²) in [5, 5.41) is 18.4. The van der Waals surface area contributed by atoms with E-state index in [4.69, 9.17) is 11.6 Å². The van der Waals surface area contributed by atoms with Crippen molar-refractivity contribution in [1.29, 1.82) is 0 Å². The molecule has 0 saturated heterocycles. The summed E-state index contributed by atoms with van der Waals surface area (Å²) >= 11 is 6.10. The second-order valence-electron chi connectivity index (χ2n) is 6.40. The average molecular weight is 400 g/mol. The lowest BCUT2D eigenvalue weighted by molar-refractivity contribution is 0.268. The van der Waals surface area contributed by atoms with Crippen LogP contribution in [-0.2, 0) is 19.7 Å². The minimum Gasteiger partial charge on any atom is -0.390 e. The van der Waals surface area contributed by atoms with Gasteiger partial charge in [-0.1, -0.05) is 17.7 Å². The van der Waals surface area contributed by atoms with Gasteiger partial charge in [0.2, 0.25) is 0 Å². The molecule has 0 bridgehead atoms. The maximum Gasteiger partial charge on any atom is 0.148 e. The van der Waals surface area contributed by atoms with Gasteiger partial charge in [-0.25, -0.2) is 9.37 Å². The second-order valence-corrected chi connectivity index (χ2v) is 6.84. The fraction of sp³-hybridized carbons (Fsp3) is 0.200. The number of aromatic amines is 1. The Morgan fingerprint density at radius 1 is 1.25 bits per heavy atom. The molecule has 1 aromatic carbocycles. The minimum absolute atomic E-state index is 0.0760. The van der Waals surface area contributed by atoms with Crippen molar-refractivity contribution >= 4 is 28.5 Å². The quantitative estimate of drug-likeness (QED) is 0.450. The molecule has 0 atom stereocenters. The molecule has 0 aliphatic rings. The van der Waals surface area contributed by atoms with Crippen molar-refractivity contribution in [2.24, 2.45) is 0 Å². The Labute approximate surface area is 166 Å². The molecule has 0 amide bonds. The third-order valence-electron chi connectivity index (χ3n) is 4.64. The van der Waals surface area contributed by atoms with Crippen molar-refractivity contribution in [2.45, 2.75) is 26.6 Å². The van der Waals surface area contributed by atoms with E-state index in [1.54, 1.807) is 16.9 Å². The Hall–Kier alpha value is -2.90. The average Bonchev–Trinajstić information content (AvgIpc) is 3.30. The highest BCUT2D eigenvalue weighted by atomic mass is 35.5. The van der Waals surface area contributed by atoms with E-state index < -0.39 is 0 Å². The van der Waals surface area contributed by atoms with Crippen LogP contribution in [0.25, 0.3) is 22.2 Å². The molecule has 0 aliphatic carbocycles. The SMILES string of the molecule is CCn1nc(NCc2ccc(F)cc2-c2c[nH]c3ncc(Cl)cc23)cc1CO. The molecule has 0 fully saturated rings. The molecule has 0 aliphatic heterocycles. The van der Waals surface area contributed by atoms with Crippen LogP contribution < -0.4 is 5.32 Å². The fourth-order valence-electron chi connectivity index (χ4n) is 3.28. The van der Waals surface area contributed by atoms with Crippen LogP contribution >= 0.6 is 11.6 Å². The van der Waals surface area contributed by atoms with Crippen LogP contribution in [0.15, 0.2) is 42.7 Å². The number of anilines is 1. The molecule has 8 heteroatoms. The number of H-pyrrole nitrogens is 1. The summed E-state index contributed by atoms with van der Waals surface area (Å²) < 4.78 is 15.8. The number of aliphatic hydroxyl groups is 1. The first kappa shape index (κ1) is 18.5. The summed E-state index contributed by atoms with van der Waals surface area (Å²) in [7, 11) is 0. The summed E-state index contributed by atoms with van der Waals surface area (Å²) in [5.74, 6) is 0.339. The van der Waals surface area contributed by atoms with Gasteiger partial charge in [0.05, 0.1) is 17.3 Å². The summed E-state index contributed by atoms with van der Waals surface area (Å²) in [4.78, 5) is 7.37. The molecule has 0 saturated carbocycles. The molecule has 0 radical (unpaired) electrons. The number of hydrogen-bond donors (Lipinski definition) is 3. The fourth-order valence-corrected chi connectivity index (χ4v) is 3.44. The number of benzene rings is 1. The number of halogens is 2. The number of nitrogens with one attached hydrogen (secondary N) is 2. The number of aromatic nitrogens is 4. The maximum absolute atomic E-state index is 14.0. The highest BCUT2D eigenvalue weighted by Gasteiger charge is 2.14. The molecule has 28 heavy (non-hydrogen) atoms. The molecule has 3 N–H and O–H groups in total. The summed E-state index contributed by atoms with van der Waals surface area (Å²) in [6, 6.07) is 8.31. The molecule has 3 aromatic heterocycles. The highest BCUT2D eigenvalue weighted by molar-refractivity contribution is 6.31. The Kier molecular flexibility index (Phi) is 5.02. The number of hydrogen-bond acceptors (Lipinski definition) is 4. The molecule has 144 valence electrons. The van der Waals surface area contributed by atoms with Gasteiger partial charge in [-0.3, -0.25) is 4.68 Å². The zero-order chi connectivity index (χ0) is 19.7. The maximum atomic E-state index is 14.0. The van der Waals surface area contributed by atoms with Crippen molar-refractivity contribution in [2.75, 3.05) is 5.32 Å². The van der Waals surface area contributed by atoms with Gasteiger partial charge in [-0.2, -0.15) is 5.10 Å². The Balaban J connectivity index is 1.69. The van der Waals surface area contributed by atoms with Gasteiger partial charge in [-0.05, 0) is 36.2 Å². The highest BCUT2D eigenvalue weighted by Crippen LogP contribution is 2.32. The Morgan fingerprint density at radius 3 is 2.86 bits per heavy atom. The number of aliphatic hydroxyl groups excluding tert-OH is 1. The van der Waals surface area contributed by atoms with Gasteiger partial charge in [0.25, 0.3) is 0 Å². The summed E-state index contributed by atoms with van der Waals surface area (Å²) in [6.45, 7) is 3.00. The zero-order valence-corrected chi connectivity index (χ0v) is 16.0. The van der Waals surface area contributed by atoms with E-state index in [0.717, 1.165) is 27.8 Å². The first-order chi connectivity index (χ1) is 13.6. The molecule has 4 rings (SSSR count). The molecule has 0 unspecified atom stereocenters. The van der Waals surface area contributed by atoms with E-state index in [0.29, 0.717) is 29.6 Å². The van der Waals surface area contributed by atoms with E-state index in [1.165, 1.54) is 12.1 Å². The largest absolute Gasteiger partial charge is 0.390 e. The van der Waals surface area contributed by atoms with Crippen LogP contribution in [0.2, 0.25) is 5.02 Å². The van der Waals surface area contributed by atoms with Crippen LogP contribution in [0.5, 0.6) is 0 Å². The van der Waals surface area contributed by atoms with Crippen molar-refractivity contribution in [1.82, 2.24) is 19.7 Å². The van der Waals surface area contributed by atoms with E-state index in [9.17, 15) is 9.50 Å². The Morgan fingerprint density at radius 2 is 2.11 bits per heavy atom. The zero-order valence-electron chi connectivity index (χ0n) is 15.2. The number of nitrogens with zero attached hydrogens (tertiary/aromatic N) is 3. The number of rotatable bonds is 6. The summed E-state index contributed by atoms with van der Waals surface area (Å²) in [5.41, 5.74) is 3.91. The van der Waals surface area contributed by atoms with E-state index in [1.807, 2.05) is 25.3 Å². The van der Waals surface area contributed by atoms with Crippen LogP contribution in [0.4, 0.5) is 10.2 Å². The minimum atomic E-state index is -0.319. The number of fused-ring (bicyclic) bond motifs is 1. The second kappa shape index (κ2) is 7.61. The standard InChI is InChI=1S/C20H19ClFN5O/c1-2-27-15(11-28)7-19(26-27)23-8-12-3-4-14(22)6-16(12)18-10-25-20-17(18)5-13(21)9-24-20/h3-7,9-10,28H,2,8,11H2,1H3,(H,23,26)(H,24,25). The van der Waals surface area contributed by atoms with Crippen molar-refractivity contribution in [3.05, 3.63) is 64.8 Å². The van der Waals surface area contributed by atoms with Crippen LogP contribution in [0.1, 0.15) is 18.2 Å². The van der Waals surface area contributed by atoms with Gasteiger partial charge in [0, 0.05) is 42.5 Å².